The van der Waals surface area contributed by atoms with Crippen molar-refractivity contribution in [1.29, 1.82) is 0 Å². The first kappa shape index (κ1) is 12.2. The van der Waals surface area contributed by atoms with E-state index < -0.39 is 0 Å². The Hall–Kier alpha value is -1.83. The van der Waals surface area contributed by atoms with Crippen molar-refractivity contribution >= 4 is 0 Å². The number of benzene rings is 1. The molecule has 98 valence electrons. The van der Waals surface area contributed by atoms with Crippen LogP contribution in [0.15, 0.2) is 41.2 Å². The molecule has 0 fully saturated rings. The van der Waals surface area contributed by atoms with Gasteiger partial charge in [0.1, 0.15) is 0 Å². The van der Waals surface area contributed by atoms with E-state index >= 15 is 0 Å². The predicted molar refractivity (Wildman–Crippen MR) is 78.4 cm³/mol. The third-order valence-electron chi connectivity index (χ3n) is 4.06. The molecule has 1 N–H and O–H groups in total. The monoisotopic (exact) mass is 253 g/mol. The Morgan fingerprint density at radius 2 is 1.89 bits per heavy atom. The van der Waals surface area contributed by atoms with Crippen molar-refractivity contribution in [2.24, 2.45) is 5.92 Å². The third kappa shape index (κ3) is 2.23. The van der Waals surface area contributed by atoms with Gasteiger partial charge in [-0.1, -0.05) is 44.2 Å². The summed E-state index contributed by atoms with van der Waals surface area (Å²) in [6, 6.07) is 12.0. The third-order valence-corrected chi connectivity index (χ3v) is 4.06. The van der Waals surface area contributed by atoms with E-state index in [0.717, 1.165) is 29.7 Å². The minimum Gasteiger partial charge on any atom is -0.325 e. The lowest BCUT2D eigenvalue weighted by molar-refractivity contribution is 0.441. The SMILES string of the molecule is CC1Cc2cc(-c3ccccc3)c(=O)[nH]c2C(C)C1. The van der Waals surface area contributed by atoms with E-state index in [4.69, 9.17) is 0 Å². The normalized spacial score (nSPS) is 22.0. The van der Waals surface area contributed by atoms with Gasteiger partial charge in [0.05, 0.1) is 0 Å². The highest BCUT2D eigenvalue weighted by atomic mass is 16.1. The molecule has 2 atom stereocenters. The summed E-state index contributed by atoms with van der Waals surface area (Å²) in [5.41, 5.74) is 4.27. The predicted octanol–water partition coefficient (Wildman–Crippen LogP) is 3.73. The van der Waals surface area contributed by atoms with Crippen LogP contribution in [-0.4, -0.2) is 4.98 Å². The molecule has 0 spiro atoms. The second-order valence-electron chi connectivity index (χ2n) is 5.76. The Labute approximate surface area is 113 Å². The van der Waals surface area contributed by atoms with Crippen LogP contribution in [0.5, 0.6) is 0 Å². The molecule has 3 rings (SSSR count). The number of hydrogen-bond donors (Lipinski definition) is 1. The number of nitrogens with one attached hydrogen (secondary N) is 1. The van der Waals surface area contributed by atoms with Crippen molar-refractivity contribution < 1.29 is 0 Å². The molecule has 0 saturated carbocycles. The Balaban J connectivity index is 2.14. The van der Waals surface area contributed by atoms with Crippen LogP contribution in [0.4, 0.5) is 0 Å². The zero-order valence-corrected chi connectivity index (χ0v) is 11.4. The van der Waals surface area contributed by atoms with E-state index in [0.29, 0.717) is 11.8 Å². The summed E-state index contributed by atoms with van der Waals surface area (Å²) >= 11 is 0. The molecule has 2 aromatic rings. The first-order valence-corrected chi connectivity index (χ1v) is 6.96. The standard InChI is InChI=1S/C17H19NO/c1-11-8-12(2)16-14(9-11)10-15(17(19)18-16)13-6-4-3-5-7-13/h3-7,10-12H,8-9H2,1-2H3,(H,18,19). The molecule has 2 heteroatoms. The average Bonchev–Trinajstić information content (AvgIpc) is 2.40. The highest BCUT2D eigenvalue weighted by molar-refractivity contribution is 5.63. The lowest BCUT2D eigenvalue weighted by atomic mass is 9.81. The fourth-order valence-corrected chi connectivity index (χ4v) is 3.21. The first-order chi connectivity index (χ1) is 9.15. The molecule has 1 heterocycles. The molecule has 2 nitrogen and oxygen atoms in total. The van der Waals surface area contributed by atoms with Gasteiger partial charge in [0.15, 0.2) is 0 Å². The minimum absolute atomic E-state index is 0.0337. The second kappa shape index (κ2) is 4.69. The van der Waals surface area contributed by atoms with Gasteiger partial charge >= 0.3 is 0 Å². The second-order valence-corrected chi connectivity index (χ2v) is 5.76. The average molecular weight is 253 g/mol. The van der Waals surface area contributed by atoms with E-state index in [-0.39, 0.29) is 5.56 Å². The van der Waals surface area contributed by atoms with Crippen LogP contribution in [0, 0.1) is 5.92 Å². The molecule has 1 aromatic heterocycles. The quantitative estimate of drug-likeness (QED) is 0.825. The highest BCUT2D eigenvalue weighted by Crippen LogP contribution is 2.33. The lowest BCUT2D eigenvalue weighted by Gasteiger charge is -2.27. The van der Waals surface area contributed by atoms with Crippen LogP contribution in [0.1, 0.15) is 37.4 Å². The van der Waals surface area contributed by atoms with E-state index in [2.05, 4.69) is 24.9 Å². The first-order valence-electron chi connectivity index (χ1n) is 6.96. The largest absolute Gasteiger partial charge is 0.325 e. The maximum Gasteiger partial charge on any atom is 0.256 e. The van der Waals surface area contributed by atoms with Crippen molar-refractivity contribution in [2.45, 2.75) is 32.6 Å². The fourth-order valence-electron chi connectivity index (χ4n) is 3.21. The van der Waals surface area contributed by atoms with Gasteiger partial charge in [-0.25, -0.2) is 0 Å². The molecule has 0 radical (unpaired) electrons. The number of aromatic nitrogens is 1. The summed E-state index contributed by atoms with van der Waals surface area (Å²) < 4.78 is 0. The summed E-state index contributed by atoms with van der Waals surface area (Å²) in [6.07, 6.45) is 2.23. The van der Waals surface area contributed by atoms with Gasteiger partial charge in [0.25, 0.3) is 5.56 Å². The maximum atomic E-state index is 12.3. The van der Waals surface area contributed by atoms with Crippen molar-refractivity contribution in [3.8, 4) is 11.1 Å². The molecule has 0 bridgehead atoms. The van der Waals surface area contributed by atoms with Crippen molar-refractivity contribution in [3.63, 3.8) is 0 Å². The number of pyridine rings is 1. The van der Waals surface area contributed by atoms with Crippen LogP contribution in [-0.2, 0) is 6.42 Å². The van der Waals surface area contributed by atoms with Crippen LogP contribution in [0.3, 0.4) is 0 Å². The van der Waals surface area contributed by atoms with Gasteiger partial charge in [-0.2, -0.15) is 0 Å². The summed E-state index contributed by atoms with van der Waals surface area (Å²) in [5, 5.41) is 0. The molecule has 19 heavy (non-hydrogen) atoms. The summed E-state index contributed by atoms with van der Waals surface area (Å²) in [5.74, 6) is 1.15. The number of aromatic amines is 1. The Bertz CT molecular complexity index is 642. The molecule has 1 aliphatic rings. The van der Waals surface area contributed by atoms with Crippen molar-refractivity contribution in [1.82, 2.24) is 4.98 Å². The summed E-state index contributed by atoms with van der Waals surface area (Å²) in [4.78, 5) is 15.4. The van der Waals surface area contributed by atoms with Gasteiger partial charge in [-0.3, -0.25) is 4.79 Å². The molecule has 2 unspecified atom stereocenters. The van der Waals surface area contributed by atoms with Crippen LogP contribution in [0.2, 0.25) is 0 Å². The number of H-pyrrole nitrogens is 1. The zero-order chi connectivity index (χ0) is 13.4. The molecular weight excluding hydrogens is 234 g/mol. The molecule has 1 aromatic carbocycles. The van der Waals surface area contributed by atoms with E-state index in [1.165, 1.54) is 5.56 Å². The zero-order valence-electron chi connectivity index (χ0n) is 11.4. The van der Waals surface area contributed by atoms with Gasteiger partial charge in [-0.15, -0.1) is 0 Å². The van der Waals surface area contributed by atoms with Crippen LogP contribution in [0.25, 0.3) is 11.1 Å². The van der Waals surface area contributed by atoms with Crippen LogP contribution >= 0.6 is 0 Å². The van der Waals surface area contributed by atoms with Crippen molar-refractivity contribution in [3.05, 3.63) is 58.0 Å². The topological polar surface area (TPSA) is 32.9 Å². The number of rotatable bonds is 1. The summed E-state index contributed by atoms with van der Waals surface area (Å²) in [7, 11) is 0. The Morgan fingerprint density at radius 1 is 1.16 bits per heavy atom. The van der Waals surface area contributed by atoms with E-state index in [1.807, 2.05) is 30.3 Å². The smallest absolute Gasteiger partial charge is 0.256 e. The molecular formula is C17H19NO. The molecule has 1 aliphatic carbocycles. The Kier molecular flexibility index (Phi) is 3.02. The van der Waals surface area contributed by atoms with Crippen LogP contribution < -0.4 is 5.56 Å². The minimum atomic E-state index is 0.0337. The Morgan fingerprint density at radius 3 is 2.63 bits per heavy atom. The van der Waals surface area contributed by atoms with Gasteiger partial charge in [0.2, 0.25) is 0 Å². The fraction of sp³-hybridized carbons (Fsp3) is 0.353. The summed E-state index contributed by atoms with van der Waals surface area (Å²) in [6.45, 7) is 4.49. The molecule has 0 aliphatic heterocycles. The lowest BCUT2D eigenvalue weighted by Crippen LogP contribution is -2.22. The van der Waals surface area contributed by atoms with E-state index in [1.54, 1.807) is 0 Å². The number of hydrogen-bond acceptors (Lipinski definition) is 1. The molecule has 0 saturated heterocycles. The van der Waals surface area contributed by atoms with Gasteiger partial charge in [-0.05, 0) is 41.9 Å². The van der Waals surface area contributed by atoms with E-state index in [9.17, 15) is 4.79 Å². The number of fused-ring (bicyclic) bond motifs is 1. The van der Waals surface area contributed by atoms with Gasteiger partial charge in [0, 0.05) is 11.3 Å². The molecule has 0 amide bonds. The van der Waals surface area contributed by atoms with Gasteiger partial charge < -0.3 is 4.98 Å². The maximum absolute atomic E-state index is 12.3. The highest BCUT2D eigenvalue weighted by Gasteiger charge is 2.23. The van der Waals surface area contributed by atoms with Crippen molar-refractivity contribution in [2.75, 3.05) is 0 Å².